The van der Waals surface area contributed by atoms with Crippen molar-refractivity contribution >= 4 is 10.9 Å². The molecule has 29 heavy (non-hydrogen) atoms. The summed E-state index contributed by atoms with van der Waals surface area (Å²) in [7, 11) is 1.66. The van der Waals surface area contributed by atoms with Crippen molar-refractivity contribution in [3.63, 3.8) is 0 Å². The van der Waals surface area contributed by atoms with Gasteiger partial charge in [0.1, 0.15) is 5.75 Å². The summed E-state index contributed by atoms with van der Waals surface area (Å²) in [6, 6.07) is 18.2. The van der Waals surface area contributed by atoms with Gasteiger partial charge in [0, 0.05) is 24.0 Å². The van der Waals surface area contributed by atoms with Gasteiger partial charge in [0.15, 0.2) is 5.72 Å². The van der Waals surface area contributed by atoms with E-state index >= 15 is 0 Å². The highest BCUT2D eigenvalue weighted by Crippen LogP contribution is 2.42. The van der Waals surface area contributed by atoms with Crippen LogP contribution in [0.5, 0.6) is 5.75 Å². The molecule has 2 heterocycles. The van der Waals surface area contributed by atoms with Gasteiger partial charge in [0.25, 0.3) is 0 Å². The number of benzene rings is 2. The SMILES string of the molecule is COc1ccc(C(C)(C)C)cc1C(O)(c1ccc2ccccc2n1)N1CCCC1. The van der Waals surface area contributed by atoms with Crippen molar-refractivity contribution in [1.82, 2.24) is 9.88 Å². The zero-order chi connectivity index (χ0) is 20.6. The molecule has 1 aliphatic rings. The summed E-state index contributed by atoms with van der Waals surface area (Å²) in [5.74, 6) is 0.683. The molecule has 1 N–H and O–H groups in total. The molecule has 4 rings (SSSR count). The van der Waals surface area contributed by atoms with Crippen LogP contribution in [-0.4, -0.2) is 35.2 Å². The average Bonchev–Trinajstić information content (AvgIpc) is 3.27. The number of likely N-dealkylation sites (tertiary alicyclic amines) is 1. The zero-order valence-electron chi connectivity index (χ0n) is 17.8. The maximum atomic E-state index is 12.3. The highest BCUT2D eigenvalue weighted by molar-refractivity contribution is 5.78. The van der Waals surface area contributed by atoms with Crippen molar-refractivity contribution in [3.8, 4) is 5.75 Å². The van der Waals surface area contributed by atoms with Gasteiger partial charge in [0.05, 0.1) is 18.3 Å². The van der Waals surface area contributed by atoms with Crippen LogP contribution >= 0.6 is 0 Å². The number of para-hydroxylation sites is 1. The fourth-order valence-electron chi connectivity index (χ4n) is 4.22. The number of nitrogens with zero attached hydrogens (tertiary/aromatic N) is 2. The molecule has 4 nitrogen and oxygen atoms in total. The van der Waals surface area contributed by atoms with Crippen LogP contribution in [0.25, 0.3) is 10.9 Å². The second-order valence-electron chi connectivity index (χ2n) is 8.92. The topological polar surface area (TPSA) is 45.6 Å². The number of methoxy groups -OCH3 is 1. The molecule has 4 heteroatoms. The predicted octanol–water partition coefficient (Wildman–Crippen LogP) is 4.83. The number of fused-ring (bicyclic) bond motifs is 1. The van der Waals surface area contributed by atoms with Crippen LogP contribution in [0.2, 0.25) is 0 Å². The predicted molar refractivity (Wildman–Crippen MR) is 117 cm³/mol. The summed E-state index contributed by atoms with van der Waals surface area (Å²) < 4.78 is 5.71. The van der Waals surface area contributed by atoms with Gasteiger partial charge in [0.2, 0.25) is 0 Å². The molecule has 0 radical (unpaired) electrons. The van der Waals surface area contributed by atoms with Crippen LogP contribution in [0.1, 0.15) is 50.4 Å². The molecule has 1 atom stereocenters. The molecule has 0 aliphatic carbocycles. The molecule has 2 aromatic carbocycles. The van der Waals surface area contributed by atoms with Crippen LogP contribution in [-0.2, 0) is 11.1 Å². The monoisotopic (exact) mass is 390 g/mol. The Morgan fingerprint density at radius 1 is 0.966 bits per heavy atom. The van der Waals surface area contributed by atoms with E-state index in [1.165, 1.54) is 0 Å². The first-order chi connectivity index (χ1) is 13.8. The third kappa shape index (κ3) is 3.52. The highest BCUT2D eigenvalue weighted by Gasteiger charge is 2.43. The minimum absolute atomic E-state index is 0.0379. The van der Waals surface area contributed by atoms with E-state index in [4.69, 9.17) is 9.72 Å². The van der Waals surface area contributed by atoms with Crippen molar-refractivity contribution in [2.75, 3.05) is 20.2 Å². The van der Waals surface area contributed by atoms with Crippen molar-refractivity contribution in [1.29, 1.82) is 0 Å². The standard InChI is InChI=1S/C25H30N2O2/c1-24(2,3)19-12-13-22(29-4)20(17-19)25(28,27-15-7-8-16-27)23-14-11-18-9-5-6-10-21(18)26-23/h5-6,9-14,17,28H,7-8,15-16H2,1-4H3. The summed E-state index contributed by atoms with van der Waals surface area (Å²) in [6.07, 6.45) is 2.13. The molecule has 1 saturated heterocycles. The largest absolute Gasteiger partial charge is 0.496 e. The molecule has 0 saturated carbocycles. The van der Waals surface area contributed by atoms with Crippen LogP contribution in [0, 0.1) is 0 Å². The van der Waals surface area contributed by atoms with Gasteiger partial charge >= 0.3 is 0 Å². The minimum atomic E-state index is -1.34. The third-order valence-electron chi connectivity index (χ3n) is 5.96. The molecule has 3 aromatic rings. The Labute approximate surface area is 173 Å². The normalized spacial score (nSPS) is 17.4. The number of aromatic nitrogens is 1. The Morgan fingerprint density at radius 2 is 1.69 bits per heavy atom. The number of pyridine rings is 1. The highest BCUT2D eigenvalue weighted by atomic mass is 16.5. The Kier molecular flexibility index (Phi) is 5.09. The van der Waals surface area contributed by atoms with Crippen molar-refractivity contribution < 1.29 is 9.84 Å². The number of hydrogen-bond donors (Lipinski definition) is 1. The number of aliphatic hydroxyl groups is 1. The fourth-order valence-corrected chi connectivity index (χ4v) is 4.22. The molecule has 0 bridgehead atoms. The van der Waals surface area contributed by atoms with E-state index in [2.05, 4.69) is 37.8 Å². The lowest BCUT2D eigenvalue weighted by Crippen LogP contribution is -2.46. The lowest BCUT2D eigenvalue weighted by atomic mass is 9.83. The van der Waals surface area contributed by atoms with Crippen molar-refractivity contribution in [2.24, 2.45) is 0 Å². The van der Waals surface area contributed by atoms with Crippen LogP contribution in [0.3, 0.4) is 0 Å². The third-order valence-corrected chi connectivity index (χ3v) is 5.96. The van der Waals surface area contributed by atoms with Gasteiger partial charge in [-0.15, -0.1) is 0 Å². The summed E-state index contributed by atoms with van der Waals surface area (Å²) >= 11 is 0. The average molecular weight is 391 g/mol. The summed E-state index contributed by atoms with van der Waals surface area (Å²) in [4.78, 5) is 7.02. The van der Waals surface area contributed by atoms with E-state index in [9.17, 15) is 5.11 Å². The maximum absolute atomic E-state index is 12.3. The van der Waals surface area contributed by atoms with E-state index in [1.54, 1.807) is 7.11 Å². The summed E-state index contributed by atoms with van der Waals surface area (Å²) in [5.41, 5.74) is 2.07. The second kappa shape index (κ2) is 7.43. The Morgan fingerprint density at radius 3 is 2.38 bits per heavy atom. The molecule has 0 spiro atoms. The van der Waals surface area contributed by atoms with E-state index in [1.807, 2.05) is 42.5 Å². The van der Waals surface area contributed by atoms with Crippen LogP contribution < -0.4 is 4.74 Å². The van der Waals surface area contributed by atoms with Gasteiger partial charge in [-0.05, 0) is 48.1 Å². The maximum Gasteiger partial charge on any atom is 0.192 e. The summed E-state index contributed by atoms with van der Waals surface area (Å²) in [6.45, 7) is 8.20. The first kappa shape index (κ1) is 19.9. The van der Waals surface area contributed by atoms with Crippen molar-refractivity contribution in [2.45, 2.75) is 44.8 Å². The fraction of sp³-hybridized carbons (Fsp3) is 0.400. The molecule has 0 amide bonds. The Bertz CT molecular complexity index is 1020. The molecule has 152 valence electrons. The van der Waals surface area contributed by atoms with Gasteiger partial charge < -0.3 is 9.84 Å². The van der Waals surface area contributed by atoms with E-state index in [-0.39, 0.29) is 5.41 Å². The number of ether oxygens (including phenoxy) is 1. The van der Waals surface area contributed by atoms with Gasteiger partial charge in [-0.2, -0.15) is 0 Å². The van der Waals surface area contributed by atoms with E-state index < -0.39 is 5.72 Å². The molecule has 1 fully saturated rings. The quantitative estimate of drug-likeness (QED) is 0.693. The lowest BCUT2D eigenvalue weighted by molar-refractivity contribution is -0.0724. The minimum Gasteiger partial charge on any atom is -0.496 e. The van der Waals surface area contributed by atoms with Gasteiger partial charge in [-0.1, -0.05) is 51.1 Å². The van der Waals surface area contributed by atoms with Crippen LogP contribution in [0.4, 0.5) is 0 Å². The first-order valence-corrected chi connectivity index (χ1v) is 10.4. The van der Waals surface area contributed by atoms with Crippen LogP contribution in [0.15, 0.2) is 54.6 Å². The van der Waals surface area contributed by atoms with Gasteiger partial charge in [-0.25, -0.2) is 4.98 Å². The molecule has 1 unspecified atom stereocenters. The number of rotatable bonds is 4. The van der Waals surface area contributed by atoms with E-state index in [0.29, 0.717) is 11.4 Å². The molecular weight excluding hydrogens is 360 g/mol. The zero-order valence-corrected chi connectivity index (χ0v) is 17.8. The van der Waals surface area contributed by atoms with E-state index in [0.717, 1.165) is 48.0 Å². The number of hydrogen-bond acceptors (Lipinski definition) is 4. The Hall–Kier alpha value is -2.43. The molecule has 1 aromatic heterocycles. The lowest BCUT2D eigenvalue weighted by Gasteiger charge is -2.38. The molecular formula is C25H30N2O2. The first-order valence-electron chi connectivity index (χ1n) is 10.4. The second-order valence-corrected chi connectivity index (χ2v) is 8.92. The summed E-state index contributed by atoms with van der Waals surface area (Å²) in [5, 5.41) is 13.4. The smallest absolute Gasteiger partial charge is 0.192 e. The van der Waals surface area contributed by atoms with Crippen molar-refractivity contribution in [3.05, 3.63) is 71.4 Å². The molecule has 1 aliphatic heterocycles. The van der Waals surface area contributed by atoms with Gasteiger partial charge in [-0.3, -0.25) is 4.90 Å². The Balaban J connectivity index is 1.96.